The van der Waals surface area contributed by atoms with Crippen LogP contribution in [0.4, 0.5) is 4.79 Å². The van der Waals surface area contributed by atoms with Crippen LogP contribution in [0.25, 0.3) is 0 Å². The summed E-state index contributed by atoms with van der Waals surface area (Å²) in [6.07, 6.45) is -0.581. The summed E-state index contributed by atoms with van der Waals surface area (Å²) in [7, 11) is -1.96. The molecular weight excluding hydrogens is 284 g/mol. The van der Waals surface area contributed by atoms with Gasteiger partial charge in [0.15, 0.2) is 0 Å². The summed E-state index contributed by atoms with van der Waals surface area (Å²) >= 11 is 5.79. The van der Waals surface area contributed by atoms with Crippen LogP contribution in [0.5, 0.6) is 5.75 Å². The summed E-state index contributed by atoms with van der Waals surface area (Å²) in [6, 6.07) is 4.63. The summed E-state index contributed by atoms with van der Waals surface area (Å²) in [5, 5.41) is 20.6. The van der Waals surface area contributed by atoms with Gasteiger partial charge in [-0.25, -0.2) is 4.79 Å². The van der Waals surface area contributed by atoms with Crippen molar-refractivity contribution in [3.05, 3.63) is 28.8 Å². The number of amides is 1. The molecule has 0 aliphatic heterocycles. The average Bonchev–Trinajstić information content (AvgIpc) is 2.24. The van der Waals surface area contributed by atoms with Crippen molar-refractivity contribution in [2.24, 2.45) is 0 Å². The predicted molar refractivity (Wildman–Crippen MR) is 75.3 cm³/mol. The van der Waals surface area contributed by atoms with Gasteiger partial charge in [0.1, 0.15) is 11.4 Å². The molecule has 0 spiro atoms. The van der Waals surface area contributed by atoms with Crippen molar-refractivity contribution in [3.8, 4) is 5.75 Å². The van der Waals surface area contributed by atoms with Crippen molar-refractivity contribution in [2.75, 3.05) is 0 Å². The zero-order valence-electron chi connectivity index (χ0n) is 11.5. The Morgan fingerprint density at radius 3 is 2.60 bits per heavy atom. The number of benzene rings is 1. The lowest BCUT2D eigenvalue weighted by molar-refractivity contribution is 0.0523. The number of nitrogens with one attached hydrogen (secondary N) is 1. The predicted octanol–water partition coefficient (Wildman–Crippen LogP) is 1.71. The Hall–Kier alpha value is -1.44. The van der Waals surface area contributed by atoms with Gasteiger partial charge in [-0.15, -0.1) is 0 Å². The van der Waals surface area contributed by atoms with E-state index in [1.807, 2.05) is 0 Å². The molecule has 0 aliphatic carbocycles. The van der Waals surface area contributed by atoms with Crippen LogP contribution in [-0.4, -0.2) is 29.1 Å². The molecule has 0 fully saturated rings. The molecule has 0 atom stereocenters. The van der Waals surface area contributed by atoms with Gasteiger partial charge in [-0.05, 0) is 32.9 Å². The Morgan fingerprint density at radius 1 is 1.40 bits per heavy atom. The molecule has 1 aromatic rings. The second-order valence-electron chi connectivity index (χ2n) is 5.05. The third kappa shape index (κ3) is 6.14. The van der Waals surface area contributed by atoms with Gasteiger partial charge in [0, 0.05) is 17.1 Å². The highest BCUT2D eigenvalue weighted by atomic mass is 35.5. The van der Waals surface area contributed by atoms with E-state index in [9.17, 15) is 4.79 Å². The first-order chi connectivity index (χ1) is 9.17. The molecule has 20 heavy (non-hydrogen) atoms. The molecule has 0 unspecified atom stereocenters. The van der Waals surface area contributed by atoms with Crippen molar-refractivity contribution in [1.82, 2.24) is 5.32 Å². The molecule has 8 heteroatoms. The average molecular weight is 302 g/mol. The van der Waals surface area contributed by atoms with E-state index >= 15 is 0 Å². The molecule has 0 radical (unpaired) electrons. The van der Waals surface area contributed by atoms with Crippen LogP contribution >= 0.6 is 11.6 Å². The van der Waals surface area contributed by atoms with E-state index < -0.39 is 19.0 Å². The molecule has 6 nitrogen and oxygen atoms in total. The van der Waals surface area contributed by atoms with E-state index in [-0.39, 0.29) is 12.3 Å². The zero-order valence-corrected chi connectivity index (χ0v) is 12.3. The minimum Gasteiger partial charge on any atom is -0.512 e. The summed E-state index contributed by atoms with van der Waals surface area (Å²) in [4.78, 5) is 11.5. The molecule has 0 aliphatic rings. The topological polar surface area (TPSA) is 88.0 Å². The minimum atomic E-state index is -1.96. The maximum atomic E-state index is 11.5. The van der Waals surface area contributed by atoms with Crippen LogP contribution in [-0.2, 0) is 11.3 Å². The Kier molecular flexibility index (Phi) is 5.68. The van der Waals surface area contributed by atoms with Gasteiger partial charge in [0.2, 0.25) is 0 Å². The maximum absolute atomic E-state index is 11.5. The second kappa shape index (κ2) is 6.83. The SMILES string of the molecule is CC(C)(C)OC(=O)NCc1ccc(Cl)cc1OB(O)O. The molecule has 0 bridgehead atoms. The monoisotopic (exact) mass is 301 g/mol. The number of ether oxygens (including phenoxy) is 1. The van der Waals surface area contributed by atoms with Crippen molar-refractivity contribution in [3.63, 3.8) is 0 Å². The van der Waals surface area contributed by atoms with Gasteiger partial charge in [-0.2, -0.15) is 0 Å². The Balaban J connectivity index is 2.70. The third-order valence-corrected chi connectivity index (χ3v) is 2.32. The van der Waals surface area contributed by atoms with E-state index in [0.29, 0.717) is 10.6 Å². The number of alkyl carbamates (subject to hydrolysis) is 1. The molecule has 1 amide bonds. The first-order valence-electron chi connectivity index (χ1n) is 5.95. The first-order valence-corrected chi connectivity index (χ1v) is 6.33. The quantitative estimate of drug-likeness (QED) is 0.737. The van der Waals surface area contributed by atoms with Crippen molar-refractivity contribution in [2.45, 2.75) is 32.9 Å². The fourth-order valence-corrected chi connectivity index (χ4v) is 1.54. The van der Waals surface area contributed by atoms with Gasteiger partial charge >= 0.3 is 13.4 Å². The lowest BCUT2D eigenvalue weighted by Crippen LogP contribution is -2.32. The third-order valence-electron chi connectivity index (χ3n) is 2.08. The number of carbonyl (C=O) groups is 1. The number of hydrogen-bond acceptors (Lipinski definition) is 5. The molecule has 1 rings (SSSR count). The second-order valence-corrected chi connectivity index (χ2v) is 5.49. The number of halogens is 1. The summed E-state index contributed by atoms with van der Waals surface area (Å²) in [5.41, 5.74) is -0.0570. The van der Waals surface area contributed by atoms with Crippen molar-refractivity contribution >= 4 is 25.0 Å². The van der Waals surface area contributed by atoms with Crippen LogP contribution in [0.3, 0.4) is 0 Å². The van der Waals surface area contributed by atoms with E-state index in [4.69, 9.17) is 31.0 Å². The highest BCUT2D eigenvalue weighted by Crippen LogP contribution is 2.23. The maximum Gasteiger partial charge on any atom is 0.707 e. The molecule has 0 heterocycles. The molecule has 0 saturated heterocycles. The van der Waals surface area contributed by atoms with Crippen molar-refractivity contribution in [1.29, 1.82) is 0 Å². The molecular formula is C12H17BClNO5. The summed E-state index contributed by atoms with van der Waals surface area (Å²) in [6.45, 7) is 5.37. The standard InChI is InChI=1S/C12H17BClNO5/c1-12(2,3)19-11(16)15-7-8-4-5-9(14)6-10(8)20-13(17)18/h4-6,17-18H,7H2,1-3H3,(H,15,16). The van der Waals surface area contributed by atoms with Crippen LogP contribution in [0.2, 0.25) is 5.02 Å². The van der Waals surface area contributed by atoms with Crippen LogP contribution in [0.15, 0.2) is 18.2 Å². The molecule has 0 saturated carbocycles. The van der Waals surface area contributed by atoms with Gasteiger partial charge in [-0.3, -0.25) is 0 Å². The number of hydrogen-bond donors (Lipinski definition) is 3. The van der Waals surface area contributed by atoms with Crippen LogP contribution < -0.4 is 9.97 Å². The molecule has 110 valence electrons. The van der Waals surface area contributed by atoms with Gasteiger partial charge in [0.25, 0.3) is 0 Å². The molecule has 0 aromatic heterocycles. The van der Waals surface area contributed by atoms with Crippen LogP contribution in [0.1, 0.15) is 26.3 Å². The van der Waals surface area contributed by atoms with Crippen molar-refractivity contribution < 1.29 is 24.2 Å². The fraction of sp³-hybridized carbons (Fsp3) is 0.417. The number of carbonyl (C=O) groups excluding carboxylic acids is 1. The van der Waals surface area contributed by atoms with E-state index in [0.717, 1.165) is 0 Å². The minimum absolute atomic E-state index is 0.105. The first kappa shape index (κ1) is 16.6. The zero-order chi connectivity index (χ0) is 15.3. The fourth-order valence-electron chi connectivity index (χ4n) is 1.38. The number of rotatable bonds is 4. The summed E-state index contributed by atoms with van der Waals surface area (Å²) in [5.74, 6) is 0.170. The Bertz CT molecular complexity index is 475. The molecule has 1 aromatic carbocycles. The van der Waals surface area contributed by atoms with E-state index in [2.05, 4.69) is 5.32 Å². The van der Waals surface area contributed by atoms with E-state index in [1.54, 1.807) is 32.9 Å². The highest BCUT2D eigenvalue weighted by Gasteiger charge is 2.18. The highest BCUT2D eigenvalue weighted by molar-refractivity contribution is 6.34. The normalized spacial score (nSPS) is 10.9. The smallest absolute Gasteiger partial charge is 0.512 e. The Morgan fingerprint density at radius 2 is 2.05 bits per heavy atom. The summed E-state index contributed by atoms with van der Waals surface area (Å²) < 4.78 is 9.88. The largest absolute Gasteiger partial charge is 0.707 e. The van der Waals surface area contributed by atoms with Gasteiger partial charge in [-0.1, -0.05) is 17.7 Å². The van der Waals surface area contributed by atoms with Gasteiger partial charge < -0.3 is 24.8 Å². The Labute approximate surface area is 122 Å². The van der Waals surface area contributed by atoms with Crippen LogP contribution in [0, 0.1) is 0 Å². The van der Waals surface area contributed by atoms with E-state index in [1.165, 1.54) is 6.07 Å². The molecule has 3 N–H and O–H groups in total. The van der Waals surface area contributed by atoms with Gasteiger partial charge in [0.05, 0.1) is 0 Å². The lowest BCUT2D eigenvalue weighted by Gasteiger charge is -2.20. The lowest BCUT2D eigenvalue weighted by atomic mass is 10.1.